The molecule has 0 bridgehead atoms. The fourth-order valence-electron chi connectivity index (χ4n) is 2.50. The fraction of sp³-hybridized carbons (Fsp3) is 0.368. The molecule has 2 aromatic rings. The van der Waals surface area contributed by atoms with Crippen molar-refractivity contribution in [2.75, 3.05) is 6.61 Å². The molecule has 2 rings (SSSR count). The van der Waals surface area contributed by atoms with Crippen LogP contribution in [0.25, 0.3) is 0 Å². The van der Waals surface area contributed by atoms with Gasteiger partial charge in [0.2, 0.25) is 0 Å². The van der Waals surface area contributed by atoms with Gasteiger partial charge in [0.15, 0.2) is 0 Å². The van der Waals surface area contributed by atoms with Crippen molar-refractivity contribution in [3.05, 3.63) is 65.7 Å². The Kier molecular flexibility index (Phi) is 8.51. The first kappa shape index (κ1) is 21.6. The predicted octanol–water partition coefficient (Wildman–Crippen LogP) is 4.10. The van der Waals surface area contributed by atoms with E-state index in [1.807, 2.05) is 6.92 Å². The molecule has 25 heavy (non-hydrogen) atoms. The Balaban J connectivity index is 0.000000257. The largest absolute Gasteiger partial charge is 0.396 e. The zero-order valence-corrected chi connectivity index (χ0v) is 17.0. The van der Waals surface area contributed by atoms with Gasteiger partial charge in [-0.1, -0.05) is 72.7 Å². The lowest BCUT2D eigenvalue weighted by Crippen LogP contribution is -2.29. The molecule has 0 aliphatic rings. The Morgan fingerprint density at radius 2 is 1.52 bits per heavy atom. The lowest BCUT2D eigenvalue weighted by Gasteiger charge is -2.21. The van der Waals surface area contributed by atoms with Crippen molar-refractivity contribution in [1.82, 2.24) is 0 Å². The third-order valence-corrected chi connectivity index (χ3v) is 7.80. The van der Waals surface area contributed by atoms with Crippen LogP contribution in [0.4, 0.5) is 0 Å². The predicted molar refractivity (Wildman–Crippen MR) is 105 cm³/mol. The van der Waals surface area contributed by atoms with Crippen LogP contribution in [0.3, 0.4) is 0 Å². The Labute approximate surface area is 152 Å². The highest BCUT2D eigenvalue weighted by Gasteiger charge is 2.19. The first-order valence-electron chi connectivity index (χ1n) is 8.33. The molecule has 0 saturated carbocycles. The van der Waals surface area contributed by atoms with E-state index < -0.39 is 18.2 Å². The van der Waals surface area contributed by atoms with E-state index in [1.54, 1.807) is 12.1 Å². The third-order valence-electron chi connectivity index (χ3n) is 3.86. The number of rotatable bonds is 6. The number of aliphatic hydroxyl groups excluding tert-OH is 1. The minimum atomic E-state index is -4.02. The van der Waals surface area contributed by atoms with Crippen LogP contribution in [-0.4, -0.2) is 32.8 Å². The molecular formula is C19H28O4SSi. The molecule has 0 radical (unpaired) electrons. The highest BCUT2D eigenvalue weighted by Crippen LogP contribution is 2.17. The summed E-state index contributed by atoms with van der Waals surface area (Å²) in [7, 11) is -5.14. The maximum absolute atomic E-state index is 10.5. The van der Waals surface area contributed by atoms with Gasteiger partial charge in [-0.3, -0.25) is 4.55 Å². The summed E-state index contributed by atoms with van der Waals surface area (Å²) in [6.07, 6.45) is 0.964. The van der Waals surface area contributed by atoms with Crippen LogP contribution in [0.5, 0.6) is 0 Å². The first-order chi connectivity index (χ1) is 11.6. The van der Waals surface area contributed by atoms with Gasteiger partial charge in [-0.2, -0.15) is 8.42 Å². The van der Waals surface area contributed by atoms with Gasteiger partial charge in [0.25, 0.3) is 10.1 Å². The van der Waals surface area contributed by atoms with E-state index in [0.29, 0.717) is 6.61 Å². The van der Waals surface area contributed by atoms with E-state index >= 15 is 0 Å². The molecule has 0 aromatic heterocycles. The highest BCUT2D eigenvalue weighted by molar-refractivity contribution is 7.85. The maximum Gasteiger partial charge on any atom is 0.294 e. The molecule has 0 saturated heterocycles. The standard InChI is InChI=1S/C12H20OSi.C7H8O3S/c1-14(2,10-6-9-13)11-12-7-4-3-5-8-12;1-6-2-4-7(5-3-6)11(8,9)10/h3-5,7-8,13H,6,9-11H2,1-2H3;2-5H,1H3,(H,8,9,10). The van der Waals surface area contributed by atoms with Crippen LogP contribution in [0, 0.1) is 6.92 Å². The normalized spacial score (nSPS) is 11.6. The molecule has 6 heteroatoms. The van der Waals surface area contributed by atoms with Crippen molar-refractivity contribution >= 4 is 18.2 Å². The minimum absolute atomic E-state index is 0.0666. The molecule has 0 atom stereocenters. The van der Waals surface area contributed by atoms with Crippen LogP contribution >= 0.6 is 0 Å². The molecular weight excluding hydrogens is 352 g/mol. The van der Waals surface area contributed by atoms with Gasteiger partial charge in [0, 0.05) is 6.61 Å². The van der Waals surface area contributed by atoms with Gasteiger partial charge in [0.05, 0.1) is 13.0 Å². The third kappa shape index (κ3) is 8.97. The number of hydrogen-bond acceptors (Lipinski definition) is 3. The molecule has 0 heterocycles. The lowest BCUT2D eigenvalue weighted by molar-refractivity contribution is 0.294. The quantitative estimate of drug-likeness (QED) is 0.584. The summed E-state index contributed by atoms with van der Waals surface area (Å²) in [5.74, 6) is 0. The average Bonchev–Trinajstić information content (AvgIpc) is 2.54. The highest BCUT2D eigenvalue weighted by atomic mass is 32.2. The van der Waals surface area contributed by atoms with E-state index in [1.165, 1.54) is 29.8 Å². The molecule has 2 N–H and O–H groups in total. The zero-order valence-electron chi connectivity index (χ0n) is 15.1. The molecule has 0 unspecified atom stereocenters. The lowest BCUT2D eigenvalue weighted by atomic mass is 10.2. The van der Waals surface area contributed by atoms with Crippen LogP contribution in [0.15, 0.2) is 59.5 Å². The van der Waals surface area contributed by atoms with Gasteiger partial charge in [-0.15, -0.1) is 0 Å². The molecule has 0 fully saturated rings. The summed E-state index contributed by atoms with van der Waals surface area (Å²) in [5, 5.41) is 8.82. The number of hydrogen-bond donors (Lipinski definition) is 2. The van der Waals surface area contributed by atoms with Crippen molar-refractivity contribution in [3.8, 4) is 0 Å². The topological polar surface area (TPSA) is 74.6 Å². The Morgan fingerprint density at radius 1 is 0.960 bits per heavy atom. The summed E-state index contributed by atoms with van der Waals surface area (Å²) >= 11 is 0. The molecule has 0 aliphatic carbocycles. The summed E-state index contributed by atoms with van der Waals surface area (Å²) in [5.41, 5.74) is 2.40. The summed E-state index contributed by atoms with van der Waals surface area (Å²) in [6.45, 7) is 6.98. The summed E-state index contributed by atoms with van der Waals surface area (Å²) in [6, 6.07) is 19.1. The van der Waals surface area contributed by atoms with E-state index in [4.69, 9.17) is 9.66 Å². The summed E-state index contributed by atoms with van der Waals surface area (Å²) < 4.78 is 29.6. The maximum atomic E-state index is 10.5. The van der Waals surface area contributed by atoms with Crippen LogP contribution < -0.4 is 0 Å². The van der Waals surface area contributed by atoms with Gasteiger partial charge >= 0.3 is 0 Å². The van der Waals surface area contributed by atoms with Gasteiger partial charge in [0.1, 0.15) is 0 Å². The summed E-state index contributed by atoms with van der Waals surface area (Å²) in [4.78, 5) is -0.0666. The van der Waals surface area contributed by atoms with E-state index in [2.05, 4.69) is 43.4 Å². The van der Waals surface area contributed by atoms with E-state index in [9.17, 15) is 8.42 Å². The van der Waals surface area contributed by atoms with Gasteiger partial charge in [-0.25, -0.2) is 0 Å². The Hall–Kier alpha value is -1.47. The van der Waals surface area contributed by atoms with Crippen LogP contribution in [0.2, 0.25) is 19.1 Å². The number of aryl methyl sites for hydroxylation is 1. The smallest absolute Gasteiger partial charge is 0.294 e. The molecule has 2 aromatic carbocycles. The van der Waals surface area contributed by atoms with Crippen molar-refractivity contribution in [2.24, 2.45) is 0 Å². The van der Waals surface area contributed by atoms with E-state index in [-0.39, 0.29) is 4.90 Å². The van der Waals surface area contributed by atoms with Gasteiger partial charge < -0.3 is 5.11 Å². The monoisotopic (exact) mass is 380 g/mol. The Morgan fingerprint density at radius 3 is 2.00 bits per heavy atom. The SMILES string of the molecule is C[Si](C)(CCCO)Cc1ccccc1.Cc1ccc(S(=O)(=O)O)cc1. The second kappa shape index (κ2) is 9.87. The fourth-order valence-corrected chi connectivity index (χ4v) is 5.62. The molecule has 4 nitrogen and oxygen atoms in total. The molecule has 0 amide bonds. The average molecular weight is 381 g/mol. The van der Waals surface area contributed by atoms with Crippen LogP contribution in [0.1, 0.15) is 17.5 Å². The molecule has 138 valence electrons. The zero-order chi connectivity index (χ0) is 18.9. The minimum Gasteiger partial charge on any atom is -0.396 e. The van der Waals surface area contributed by atoms with Crippen LogP contribution in [-0.2, 0) is 16.2 Å². The van der Waals surface area contributed by atoms with Crippen molar-refractivity contribution in [2.45, 2.75) is 43.4 Å². The number of aliphatic hydroxyl groups is 1. The Bertz CT molecular complexity index is 726. The molecule has 0 aliphatic heterocycles. The number of benzene rings is 2. The second-order valence-corrected chi connectivity index (χ2v) is 13.5. The van der Waals surface area contributed by atoms with Gasteiger partial charge in [-0.05, 0) is 31.5 Å². The van der Waals surface area contributed by atoms with E-state index in [0.717, 1.165) is 12.0 Å². The van der Waals surface area contributed by atoms with Crippen molar-refractivity contribution in [1.29, 1.82) is 0 Å². The van der Waals surface area contributed by atoms with Crippen molar-refractivity contribution in [3.63, 3.8) is 0 Å². The molecule has 0 spiro atoms. The van der Waals surface area contributed by atoms with Crippen molar-refractivity contribution < 1.29 is 18.1 Å². The first-order valence-corrected chi connectivity index (χ1v) is 13.2. The second-order valence-electron chi connectivity index (χ2n) is 6.94.